The highest BCUT2D eigenvalue weighted by Gasteiger charge is 2.22. The zero-order chi connectivity index (χ0) is 20.6. The summed E-state index contributed by atoms with van der Waals surface area (Å²) in [5.41, 5.74) is -0.0630. The minimum absolute atomic E-state index is 0.0570. The van der Waals surface area contributed by atoms with Gasteiger partial charge in [-0.15, -0.1) is 0 Å². The molecule has 10 heteroatoms. The predicted octanol–water partition coefficient (Wildman–Crippen LogP) is 3.26. The third kappa shape index (κ3) is 3.50. The van der Waals surface area contributed by atoms with Crippen LogP contribution < -0.4 is 5.32 Å². The van der Waals surface area contributed by atoms with E-state index in [1.165, 1.54) is 49.4 Å². The number of nitro groups is 1. The van der Waals surface area contributed by atoms with Crippen LogP contribution in [0.4, 0.5) is 11.4 Å². The van der Waals surface area contributed by atoms with E-state index >= 15 is 0 Å². The molecule has 3 aromatic carbocycles. The van der Waals surface area contributed by atoms with Crippen molar-refractivity contribution >= 4 is 38.2 Å². The zero-order valence-electron chi connectivity index (χ0n) is 14.4. The summed E-state index contributed by atoms with van der Waals surface area (Å²) >= 11 is 0. The number of carbonyl (C=O) groups is 1. The first kappa shape index (κ1) is 19.3. The molecule has 0 aliphatic rings. The topological polar surface area (TPSA) is 147 Å². The minimum Gasteiger partial charge on any atom is -0.507 e. The number of nitro benzene ring substituents is 1. The molecule has 0 spiro atoms. The van der Waals surface area contributed by atoms with Crippen molar-refractivity contribution in [3.63, 3.8) is 0 Å². The van der Waals surface area contributed by atoms with Gasteiger partial charge in [0.1, 0.15) is 10.6 Å². The number of nitrogens with one attached hydrogen (secondary N) is 1. The molecule has 0 aliphatic carbocycles. The number of rotatable bonds is 4. The quantitative estimate of drug-likeness (QED) is 0.345. The Balaban J connectivity index is 2.13. The van der Waals surface area contributed by atoms with E-state index < -0.39 is 25.8 Å². The van der Waals surface area contributed by atoms with Crippen molar-refractivity contribution in [1.82, 2.24) is 0 Å². The highest BCUT2D eigenvalue weighted by Crippen LogP contribution is 2.35. The number of amides is 1. The van der Waals surface area contributed by atoms with Crippen LogP contribution in [0.5, 0.6) is 5.75 Å². The van der Waals surface area contributed by atoms with Crippen LogP contribution in [0.3, 0.4) is 0 Å². The van der Waals surface area contributed by atoms with Gasteiger partial charge in [-0.3, -0.25) is 19.5 Å². The number of aryl methyl sites for hydroxylation is 1. The van der Waals surface area contributed by atoms with Gasteiger partial charge in [0, 0.05) is 28.0 Å². The fraction of sp³-hybridized carbons (Fsp3) is 0.0556. The monoisotopic (exact) mass is 402 g/mol. The highest BCUT2D eigenvalue weighted by atomic mass is 32.2. The van der Waals surface area contributed by atoms with Crippen LogP contribution in [0, 0.1) is 17.0 Å². The van der Waals surface area contributed by atoms with Crippen molar-refractivity contribution in [3.8, 4) is 5.75 Å². The Kier molecular flexibility index (Phi) is 4.75. The van der Waals surface area contributed by atoms with Gasteiger partial charge in [0.15, 0.2) is 0 Å². The first-order valence-electron chi connectivity index (χ1n) is 7.88. The van der Waals surface area contributed by atoms with Crippen molar-refractivity contribution < 1.29 is 27.8 Å². The second-order valence-corrected chi connectivity index (χ2v) is 7.39. The van der Waals surface area contributed by atoms with E-state index in [-0.39, 0.29) is 39.0 Å². The van der Waals surface area contributed by atoms with Gasteiger partial charge in [-0.1, -0.05) is 12.1 Å². The van der Waals surface area contributed by atoms with Gasteiger partial charge in [0.25, 0.3) is 21.7 Å². The van der Waals surface area contributed by atoms with E-state index in [2.05, 4.69) is 5.32 Å². The summed E-state index contributed by atoms with van der Waals surface area (Å²) in [7, 11) is -4.68. The Labute approximate surface area is 159 Å². The number of phenolic OH excluding ortho intramolecular Hbond substituents is 1. The molecule has 144 valence electrons. The molecular weight excluding hydrogens is 388 g/mol. The van der Waals surface area contributed by atoms with Gasteiger partial charge in [0.2, 0.25) is 0 Å². The summed E-state index contributed by atoms with van der Waals surface area (Å²) in [5.74, 6) is -0.875. The van der Waals surface area contributed by atoms with Gasteiger partial charge in [0.05, 0.1) is 10.6 Å². The van der Waals surface area contributed by atoms with E-state index in [1.54, 1.807) is 0 Å². The van der Waals surface area contributed by atoms with E-state index in [0.29, 0.717) is 0 Å². The second kappa shape index (κ2) is 6.91. The largest absolute Gasteiger partial charge is 0.507 e. The van der Waals surface area contributed by atoms with Gasteiger partial charge in [-0.05, 0) is 37.3 Å². The third-order valence-corrected chi connectivity index (χ3v) is 5.07. The highest BCUT2D eigenvalue weighted by molar-refractivity contribution is 7.86. The molecule has 0 unspecified atom stereocenters. The maximum Gasteiger partial charge on any atom is 0.296 e. The summed E-state index contributed by atoms with van der Waals surface area (Å²) in [6.07, 6.45) is 0. The molecule has 1 amide bonds. The fourth-order valence-corrected chi connectivity index (χ4v) is 3.51. The normalized spacial score (nSPS) is 11.4. The summed E-state index contributed by atoms with van der Waals surface area (Å²) in [6, 6.07) is 10.4. The standard InChI is InChI=1S/C18H14N2O7S/c1-10-9-11(5-7-14(10)20(23)24)18(22)19-17-13-3-2-4-15(21)12(13)6-8-16(17)28(25,26)27/h2-9,21H,1H3,(H,19,22)(H,25,26,27). The van der Waals surface area contributed by atoms with Crippen molar-refractivity contribution in [2.75, 3.05) is 5.32 Å². The zero-order valence-corrected chi connectivity index (χ0v) is 15.2. The van der Waals surface area contributed by atoms with Crippen LogP contribution in [0.1, 0.15) is 15.9 Å². The number of anilines is 1. The molecule has 0 bridgehead atoms. The lowest BCUT2D eigenvalue weighted by molar-refractivity contribution is -0.385. The van der Waals surface area contributed by atoms with E-state index in [1.807, 2.05) is 0 Å². The molecule has 28 heavy (non-hydrogen) atoms. The molecule has 0 fully saturated rings. The molecule has 0 radical (unpaired) electrons. The van der Waals surface area contributed by atoms with Crippen LogP contribution in [0.25, 0.3) is 10.8 Å². The SMILES string of the molecule is Cc1cc(C(=O)Nc2c(S(=O)(=O)O)ccc3c(O)cccc23)ccc1[N+](=O)[O-]. The maximum absolute atomic E-state index is 12.6. The number of carbonyl (C=O) groups excluding carboxylic acids is 1. The van der Waals surface area contributed by atoms with Crippen LogP contribution >= 0.6 is 0 Å². The number of benzene rings is 3. The predicted molar refractivity (Wildman–Crippen MR) is 101 cm³/mol. The summed E-state index contributed by atoms with van der Waals surface area (Å²) in [4.78, 5) is 22.4. The molecule has 0 aromatic heterocycles. The second-order valence-electron chi connectivity index (χ2n) is 6.00. The Morgan fingerprint density at radius 3 is 2.43 bits per heavy atom. The number of phenols is 1. The molecule has 0 heterocycles. The van der Waals surface area contributed by atoms with Crippen molar-refractivity contribution in [1.29, 1.82) is 0 Å². The van der Waals surface area contributed by atoms with E-state index in [9.17, 15) is 33.0 Å². The number of aromatic hydroxyl groups is 1. The van der Waals surface area contributed by atoms with Gasteiger partial charge in [-0.2, -0.15) is 8.42 Å². The van der Waals surface area contributed by atoms with Gasteiger partial charge < -0.3 is 10.4 Å². The van der Waals surface area contributed by atoms with Gasteiger partial charge >= 0.3 is 0 Å². The first-order chi connectivity index (χ1) is 13.1. The van der Waals surface area contributed by atoms with Crippen LogP contribution in [-0.2, 0) is 10.1 Å². The first-order valence-corrected chi connectivity index (χ1v) is 9.32. The molecule has 9 nitrogen and oxygen atoms in total. The molecule has 0 atom stereocenters. The summed E-state index contributed by atoms with van der Waals surface area (Å²) < 4.78 is 33.0. The Morgan fingerprint density at radius 1 is 1.11 bits per heavy atom. The van der Waals surface area contributed by atoms with Crippen LogP contribution in [0.2, 0.25) is 0 Å². The lowest BCUT2D eigenvalue weighted by Gasteiger charge is -2.13. The average molecular weight is 402 g/mol. The molecule has 0 aliphatic heterocycles. The lowest BCUT2D eigenvalue weighted by Crippen LogP contribution is -2.15. The molecular formula is C18H14N2O7S. The number of hydrogen-bond donors (Lipinski definition) is 3. The van der Waals surface area contributed by atoms with E-state index in [0.717, 1.165) is 6.07 Å². The van der Waals surface area contributed by atoms with Gasteiger partial charge in [-0.25, -0.2) is 0 Å². The Bertz CT molecular complexity index is 1240. The molecule has 3 rings (SSSR count). The Morgan fingerprint density at radius 2 is 1.82 bits per heavy atom. The number of fused-ring (bicyclic) bond motifs is 1. The smallest absolute Gasteiger partial charge is 0.296 e. The van der Waals surface area contributed by atoms with Crippen molar-refractivity contribution in [2.24, 2.45) is 0 Å². The fourth-order valence-electron chi connectivity index (χ4n) is 2.85. The molecule has 3 aromatic rings. The molecule has 3 N–H and O–H groups in total. The maximum atomic E-state index is 12.6. The number of hydrogen-bond acceptors (Lipinski definition) is 6. The van der Waals surface area contributed by atoms with Crippen molar-refractivity contribution in [3.05, 3.63) is 69.8 Å². The van der Waals surface area contributed by atoms with Crippen LogP contribution in [0.15, 0.2) is 53.4 Å². The Hall–Kier alpha value is -3.50. The lowest BCUT2D eigenvalue weighted by atomic mass is 10.1. The van der Waals surface area contributed by atoms with E-state index in [4.69, 9.17) is 0 Å². The average Bonchev–Trinajstić information content (AvgIpc) is 2.61. The molecule has 0 saturated heterocycles. The third-order valence-electron chi connectivity index (χ3n) is 4.17. The van der Waals surface area contributed by atoms with Crippen LogP contribution in [-0.4, -0.2) is 28.9 Å². The summed E-state index contributed by atoms with van der Waals surface area (Å²) in [5, 5.41) is 23.8. The van der Waals surface area contributed by atoms with Crippen molar-refractivity contribution in [2.45, 2.75) is 11.8 Å². The minimum atomic E-state index is -4.68. The number of nitrogens with zero attached hydrogens (tertiary/aromatic N) is 1. The molecule has 0 saturated carbocycles. The summed E-state index contributed by atoms with van der Waals surface area (Å²) in [6.45, 7) is 1.47.